The molecule has 4 aromatic rings. The van der Waals surface area contributed by atoms with Gasteiger partial charge in [-0.2, -0.15) is 0 Å². The third-order valence-corrected chi connectivity index (χ3v) is 6.71. The molecule has 0 aliphatic heterocycles. The van der Waals surface area contributed by atoms with Crippen molar-refractivity contribution in [3.05, 3.63) is 128 Å². The molecular formula is C26H18Br2. The maximum Gasteiger partial charge on any atom is 0.0714 e. The second kappa shape index (κ2) is 6.72. The number of benzene rings is 4. The third kappa shape index (κ3) is 2.55. The van der Waals surface area contributed by atoms with Crippen LogP contribution in [0.25, 0.3) is 11.1 Å². The van der Waals surface area contributed by atoms with Crippen LogP contribution in [0.2, 0.25) is 0 Å². The quantitative estimate of drug-likeness (QED) is 0.236. The lowest BCUT2D eigenvalue weighted by Gasteiger charge is -2.34. The van der Waals surface area contributed by atoms with E-state index >= 15 is 0 Å². The van der Waals surface area contributed by atoms with Crippen LogP contribution in [0.1, 0.15) is 27.8 Å². The fraction of sp³-hybridized carbons (Fsp3) is 0.0769. The van der Waals surface area contributed by atoms with E-state index < -0.39 is 0 Å². The Kier molecular flexibility index (Phi) is 4.30. The first kappa shape index (κ1) is 17.9. The monoisotopic (exact) mass is 488 g/mol. The average Bonchev–Trinajstić information content (AvgIpc) is 2.98. The van der Waals surface area contributed by atoms with Crippen molar-refractivity contribution in [3.8, 4) is 11.1 Å². The number of rotatable bonds is 2. The zero-order valence-electron chi connectivity index (χ0n) is 15.4. The van der Waals surface area contributed by atoms with Gasteiger partial charge >= 0.3 is 0 Å². The molecule has 28 heavy (non-hydrogen) atoms. The normalized spacial score (nSPS) is 13.8. The van der Waals surface area contributed by atoms with Crippen molar-refractivity contribution in [1.82, 2.24) is 0 Å². The van der Waals surface area contributed by atoms with Gasteiger partial charge in [0.2, 0.25) is 0 Å². The molecule has 136 valence electrons. The number of halogens is 2. The molecule has 0 aromatic heterocycles. The molecule has 0 unspecified atom stereocenters. The second-order valence-corrected chi connectivity index (χ2v) is 9.20. The van der Waals surface area contributed by atoms with E-state index in [-0.39, 0.29) is 5.41 Å². The van der Waals surface area contributed by atoms with Gasteiger partial charge < -0.3 is 0 Å². The Hall–Kier alpha value is -2.16. The third-order valence-electron chi connectivity index (χ3n) is 5.72. The highest BCUT2D eigenvalue weighted by Gasteiger charge is 2.46. The van der Waals surface area contributed by atoms with E-state index in [1.54, 1.807) is 0 Å². The minimum absolute atomic E-state index is 0.342. The Morgan fingerprint density at radius 2 is 1.14 bits per heavy atom. The topological polar surface area (TPSA) is 0 Å². The molecule has 0 fully saturated rings. The highest BCUT2D eigenvalue weighted by Crippen LogP contribution is 2.57. The number of hydrogen-bond donors (Lipinski definition) is 0. The van der Waals surface area contributed by atoms with Crippen LogP contribution in [0.4, 0.5) is 0 Å². The van der Waals surface area contributed by atoms with Gasteiger partial charge in [-0.05, 0) is 64.6 Å². The summed E-state index contributed by atoms with van der Waals surface area (Å²) < 4.78 is 2.21. The van der Waals surface area contributed by atoms with Crippen LogP contribution < -0.4 is 0 Å². The van der Waals surface area contributed by atoms with Gasteiger partial charge in [0, 0.05) is 8.95 Å². The molecule has 1 aliphatic carbocycles. The van der Waals surface area contributed by atoms with Crippen molar-refractivity contribution in [2.24, 2.45) is 0 Å². The summed E-state index contributed by atoms with van der Waals surface area (Å²) in [5.41, 5.74) is 8.77. The molecule has 1 aliphatic rings. The van der Waals surface area contributed by atoms with E-state index in [1.807, 2.05) is 0 Å². The number of aryl methyl sites for hydroxylation is 1. The van der Waals surface area contributed by atoms with Gasteiger partial charge in [0.05, 0.1) is 5.41 Å². The fourth-order valence-electron chi connectivity index (χ4n) is 4.62. The molecule has 0 spiro atoms. The standard InChI is InChI=1S/C26H18Br2/c1-17-6-5-9-19(14-17)26(18-7-3-2-4-8-18)24-15-20(27)10-12-22(24)23-13-11-21(28)16-25(23)26/h2-16H,1H3. The maximum absolute atomic E-state index is 3.73. The molecule has 0 radical (unpaired) electrons. The van der Waals surface area contributed by atoms with Crippen LogP contribution in [0.15, 0.2) is 99.9 Å². The first-order valence-electron chi connectivity index (χ1n) is 9.34. The molecule has 0 bridgehead atoms. The molecule has 0 atom stereocenters. The maximum atomic E-state index is 3.73. The zero-order valence-corrected chi connectivity index (χ0v) is 18.6. The van der Waals surface area contributed by atoms with Gasteiger partial charge in [0.25, 0.3) is 0 Å². The van der Waals surface area contributed by atoms with Crippen LogP contribution >= 0.6 is 31.9 Å². The highest BCUT2D eigenvalue weighted by molar-refractivity contribution is 9.10. The zero-order chi connectivity index (χ0) is 19.3. The molecule has 0 amide bonds. The molecule has 0 heterocycles. The van der Waals surface area contributed by atoms with Gasteiger partial charge in [-0.15, -0.1) is 0 Å². The van der Waals surface area contributed by atoms with Gasteiger partial charge in [-0.25, -0.2) is 0 Å². The van der Waals surface area contributed by atoms with E-state index in [1.165, 1.54) is 38.9 Å². The van der Waals surface area contributed by atoms with Crippen LogP contribution in [0, 0.1) is 6.92 Å². The second-order valence-electron chi connectivity index (χ2n) is 7.37. The van der Waals surface area contributed by atoms with Crippen LogP contribution in [0.3, 0.4) is 0 Å². The molecule has 2 heteroatoms. The predicted octanol–water partition coefficient (Wildman–Crippen LogP) is 7.88. The summed E-state index contributed by atoms with van der Waals surface area (Å²) in [6.07, 6.45) is 0. The molecule has 4 aromatic carbocycles. The molecule has 0 N–H and O–H groups in total. The van der Waals surface area contributed by atoms with Gasteiger partial charge in [0.1, 0.15) is 0 Å². The minimum atomic E-state index is -0.342. The lowest BCUT2D eigenvalue weighted by atomic mass is 9.67. The van der Waals surface area contributed by atoms with Crippen molar-refractivity contribution >= 4 is 31.9 Å². The summed E-state index contributed by atoms with van der Waals surface area (Å²) in [6.45, 7) is 2.17. The van der Waals surface area contributed by atoms with Crippen molar-refractivity contribution in [2.45, 2.75) is 12.3 Å². The van der Waals surface area contributed by atoms with E-state index in [4.69, 9.17) is 0 Å². The molecular weight excluding hydrogens is 472 g/mol. The fourth-order valence-corrected chi connectivity index (χ4v) is 5.35. The van der Waals surface area contributed by atoms with Gasteiger partial charge in [0.15, 0.2) is 0 Å². The lowest BCUT2D eigenvalue weighted by molar-refractivity contribution is 0.766. The summed E-state index contributed by atoms with van der Waals surface area (Å²) in [5, 5.41) is 0. The Labute approximate surface area is 182 Å². The van der Waals surface area contributed by atoms with E-state index in [2.05, 4.69) is 130 Å². The average molecular weight is 490 g/mol. The largest absolute Gasteiger partial charge is 0.0714 e. The summed E-state index contributed by atoms with van der Waals surface area (Å²) >= 11 is 7.45. The van der Waals surface area contributed by atoms with Crippen molar-refractivity contribution < 1.29 is 0 Å². The van der Waals surface area contributed by atoms with E-state index in [9.17, 15) is 0 Å². The predicted molar refractivity (Wildman–Crippen MR) is 124 cm³/mol. The van der Waals surface area contributed by atoms with Crippen LogP contribution in [0.5, 0.6) is 0 Å². The Morgan fingerprint density at radius 1 is 0.571 bits per heavy atom. The summed E-state index contributed by atoms with van der Waals surface area (Å²) in [6, 6.07) is 33.2. The van der Waals surface area contributed by atoms with Gasteiger partial charge in [-0.3, -0.25) is 0 Å². The lowest BCUT2D eigenvalue weighted by Crippen LogP contribution is -2.28. The van der Waals surface area contributed by atoms with Crippen LogP contribution in [-0.4, -0.2) is 0 Å². The van der Waals surface area contributed by atoms with Crippen LogP contribution in [-0.2, 0) is 5.41 Å². The van der Waals surface area contributed by atoms with E-state index in [0.29, 0.717) is 0 Å². The highest BCUT2D eigenvalue weighted by atomic mass is 79.9. The van der Waals surface area contributed by atoms with Crippen molar-refractivity contribution in [1.29, 1.82) is 0 Å². The van der Waals surface area contributed by atoms with Gasteiger partial charge in [-0.1, -0.05) is 104 Å². The summed E-state index contributed by atoms with van der Waals surface area (Å²) in [7, 11) is 0. The summed E-state index contributed by atoms with van der Waals surface area (Å²) in [5.74, 6) is 0. The Balaban J connectivity index is 2.00. The molecule has 0 saturated carbocycles. The molecule has 0 nitrogen and oxygen atoms in total. The number of hydrogen-bond acceptors (Lipinski definition) is 0. The molecule has 0 saturated heterocycles. The Bertz CT molecular complexity index is 1140. The Morgan fingerprint density at radius 3 is 1.71 bits per heavy atom. The first-order valence-corrected chi connectivity index (χ1v) is 10.9. The smallest absolute Gasteiger partial charge is 0.0622 e. The van der Waals surface area contributed by atoms with E-state index in [0.717, 1.165) is 8.95 Å². The number of fused-ring (bicyclic) bond motifs is 3. The summed E-state index contributed by atoms with van der Waals surface area (Å²) in [4.78, 5) is 0. The van der Waals surface area contributed by atoms with Crippen molar-refractivity contribution in [2.75, 3.05) is 0 Å². The molecule has 5 rings (SSSR count). The SMILES string of the molecule is Cc1cccc(C2(c3ccccc3)c3cc(Br)ccc3-c3ccc(Br)cc32)c1. The minimum Gasteiger partial charge on any atom is -0.0622 e. The van der Waals surface area contributed by atoms with Crippen molar-refractivity contribution in [3.63, 3.8) is 0 Å². The first-order chi connectivity index (χ1) is 13.6.